The van der Waals surface area contributed by atoms with Crippen LogP contribution in [0.3, 0.4) is 0 Å². The van der Waals surface area contributed by atoms with Gasteiger partial charge in [-0.15, -0.1) is 0 Å². The summed E-state index contributed by atoms with van der Waals surface area (Å²) in [6.45, 7) is 4.87. The van der Waals surface area contributed by atoms with Crippen LogP contribution < -0.4 is 4.74 Å². The minimum atomic E-state index is -0.896. The van der Waals surface area contributed by atoms with Gasteiger partial charge >= 0.3 is 0 Å². The Balaban J connectivity index is 1.49. The molecule has 2 aromatic carbocycles. The number of rotatable bonds is 7. The Hall–Kier alpha value is -2.57. The van der Waals surface area contributed by atoms with E-state index in [0.29, 0.717) is 36.9 Å². The second-order valence-electron chi connectivity index (χ2n) is 9.33. The van der Waals surface area contributed by atoms with E-state index in [2.05, 4.69) is 0 Å². The molecule has 182 valence electrons. The number of carbonyl (C=O) groups is 2. The highest BCUT2D eigenvalue weighted by molar-refractivity contribution is 6.31. The number of benzene rings is 2. The molecule has 1 atom stereocenters. The normalized spacial score (nSPS) is 20.8. The van der Waals surface area contributed by atoms with E-state index >= 15 is 0 Å². The quantitative estimate of drug-likeness (QED) is 0.589. The molecule has 7 heteroatoms. The highest BCUT2D eigenvalue weighted by atomic mass is 35.5. The number of ether oxygens (including phenoxy) is 2. The summed E-state index contributed by atoms with van der Waals surface area (Å²) >= 11 is 6.16. The van der Waals surface area contributed by atoms with Crippen LogP contribution in [0, 0.1) is 6.92 Å². The van der Waals surface area contributed by atoms with E-state index in [1.165, 1.54) is 0 Å². The maximum absolute atomic E-state index is 13.2. The summed E-state index contributed by atoms with van der Waals surface area (Å²) in [5, 5.41) is 0.675. The summed E-state index contributed by atoms with van der Waals surface area (Å²) < 4.78 is 12.4. The first-order valence-electron chi connectivity index (χ1n) is 12.1. The third-order valence-electron chi connectivity index (χ3n) is 6.61. The summed E-state index contributed by atoms with van der Waals surface area (Å²) in [5.41, 5.74) is 0.996. The summed E-state index contributed by atoms with van der Waals surface area (Å²) in [5.74, 6) is 0.766. The van der Waals surface area contributed by atoms with Gasteiger partial charge in [0.05, 0.1) is 26.0 Å². The molecule has 6 nitrogen and oxygen atoms in total. The van der Waals surface area contributed by atoms with Gasteiger partial charge in [0.25, 0.3) is 0 Å². The van der Waals surface area contributed by atoms with Crippen LogP contribution in [0.5, 0.6) is 5.75 Å². The van der Waals surface area contributed by atoms with Crippen molar-refractivity contribution < 1.29 is 19.1 Å². The molecule has 0 saturated carbocycles. The van der Waals surface area contributed by atoms with Crippen LogP contribution in [0.25, 0.3) is 0 Å². The Bertz CT molecular complexity index is 993. The number of nitrogens with zero attached hydrogens (tertiary/aromatic N) is 2. The van der Waals surface area contributed by atoms with Crippen molar-refractivity contribution in [1.29, 1.82) is 0 Å². The van der Waals surface area contributed by atoms with E-state index in [1.807, 2.05) is 59.2 Å². The van der Waals surface area contributed by atoms with Crippen LogP contribution in [0.2, 0.25) is 5.02 Å². The lowest BCUT2D eigenvalue weighted by Gasteiger charge is -2.43. The van der Waals surface area contributed by atoms with E-state index < -0.39 is 5.60 Å². The molecule has 4 rings (SSSR count). The monoisotopic (exact) mass is 484 g/mol. The number of hydrogen-bond acceptors (Lipinski definition) is 4. The number of halogens is 1. The van der Waals surface area contributed by atoms with Gasteiger partial charge in [-0.05, 0) is 55.5 Å². The second kappa shape index (κ2) is 11.2. The zero-order valence-corrected chi connectivity index (χ0v) is 20.6. The molecule has 2 saturated heterocycles. The number of piperidine rings is 1. The molecule has 0 unspecified atom stereocenters. The fraction of sp³-hybridized carbons (Fsp3) is 0.481. The van der Waals surface area contributed by atoms with Crippen LogP contribution in [0.15, 0.2) is 48.5 Å². The van der Waals surface area contributed by atoms with Gasteiger partial charge < -0.3 is 19.3 Å². The highest BCUT2D eigenvalue weighted by Crippen LogP contribution is 2.28. The SMILES string of the molecule is Cc1cc(OC[C@@]2(CC(=O)N3CCCCC3)CN(C(=O)Cc3ccccc3)CCO2)ccc1Cl. The van der Waals surface area contributed by atoms with Gasteiger partial charge in [-0.1, -0.05) is 41.9 Å². The van der Waals surface area contributed by atoms with Crippen LogP contribution in [-0.4, -0.2) is 66.6 Å². The van der Waals surface area contributed by atoms with E-state index in [9.17, 15) is 9.59 Å². The van der Waals surface area contributed by atoms with Crippen LogP contribution in [-0.2, 0) is 20.7 Å². The van der Waals surface area contributed by atoms with Gasteiger partial charge in [0.1, 0.15) is 18.0 Å². The molecule has 2 fully saturated rings. The average molecular weight is 485 g/mol. The summed E-state index contributed by atoms with van der Waals surface area (Å²) in [7, 11) is 0. The molecule has 2 heterocycles. The topological polar surface area (TPSA) is 59.1 Å². The van der Waals surface area contributed by atoms with Gasteiger partial charge in [0, 0.05) is 24.7 Å². The van der Waals surface area contributed by atoms with E-state index in [-0.39, 0.29) is 24.8 Å². The predicted molar refractivity (Wildman–Crippen MR) is 132 cm³/mol. The molecule has 0 aromatic heterocycles. The highest BCUT2D eigenvalue weighted by Gasteiger charge is 2.42. The Kier molecular flexibility index (Phi) is 8.11. The lowest BCUT2D eigenvalue weighted by Crippen LogP contribution is -2.58. The first-order valence-corrected chi connectivity index (χ1v) is 12.4. The maximum Gasteiger partial charge on any atom is 0.227 e. The van der Waals surface area contributed by atoms with Crippen molar-refractivity contribution in [3.8, 4) is 5.75 Å². The zero-order valence-electron chi connectivity index (χ0n) is 19.8. The Labute approximate surface area is 206 Å². The molecule has 0 bridgehead atoms. The maximum atomic E-state index is 13.2. The first kappa shape index (κ1) is 24.6. The van der Waals surface area contributed by atoms with E-state index in [4.69, 9.17) is 21.1 Å². The van der Waals surface area contributed by atoms with Crippen molar-refractivity contribution >= 4 is 23.4 Å². The number of likely N-dealkylation sites (tertiary alicyclic amines) is 1. The van der Waals surface area contributed by atoms with Crippen molar-refractivity contribution in [2.75, 3.05) is 39.4 Å². The van der Waals surface area contributed by atoms with Crippen molar-refractivity contribution in [1.82, 2.24) is 9.80 Å². The summed E-state index contributed by atoms with van der Waals surface area (Å²) in [6, 6.07) is 15.2. The molecule has 2 aromatic rings. The molecule has 0 aliphatic carbocycles. The van der Waals surface area contributed by atoms with Gasteiger partial charge in [-0.3, -0.25) is 9.59 Å². The summed E-state index contributed by atoms with van der Waals surface area (Å²) in [4.78, 5) is 30.1. The Morgan fingerprint density at radius 3 is 2.50 bits per heavy atom. The van der Waals surface area contributed by atoms with E-state index in [0.717, 1.165) is 43.5 Å². The third kappa shape index (κ3) is 6.30. The molecule has 2 amide bonds. The molecule has 0 spiro atoms. The van der Waals surface area contributed by atoms with Crippen LogP contribution in [0.1, 0.15) is 36.8 Å². The zero-order chi connectivity index (χ0) is 24.0. The van der Waals surface area contributed by atoms with Crippen molar-refractivity contribution in [2.24, 2.45) is 0 Å². The molecule has 34 heavy (non-hydrogen) atoms. The number of hydrogen-bond donors (Lipinski definition) is 0. The van der Waals surface area contributed by atoms with Gasteiger partial charge in [0.15, 0.2) is 0 Å². The van der Waals surface area contributed by atoms with Crippen molar-refractivity contribution in [3.63, 3.8) is 0 Å². The second-order valence-corrected chi connectivity index (χ2v) is 9.73. The minimum Gasteiger partial charge on any atom is -0.490 e. The third-order valence-corrected chi connectivity index (χ3v) is 7.04. The number of aryl methyl sites for hydroxylation is 1. The molecular weight excluding hydrogens is 452 g/mol. The van der Waals surface area contributed by atoms with Crippen LogP contribution >= 0.6 is 11.6 Å². The fourth-order valence-corrected chi connectivity index (χ4v) is 4.76. The lowest BCUT2D eigenvalue weighted by atomic mass is 9.95. The Morgan fingerprint density at radius 1 is 1.00 bits per heavy atom. The minimum absolute atomic E-state index is 0.0339. The van der Waals surface area contributed by atoms with Crippen molar-refractivity contribution in [2.45, 2.75) is 44.6 Å². The molecule has 2 aliphatic rings. The largest absolute Gasteiger partial charge is 0.490 e. The lowest BCUT2D eigenvalue weighted by molar-refractivity contribution is -0.166. The van der Waals surface area contributed by atoms with Gasteiger partial charge in [0.2, 0.25) is 11.8 Å². The number of amides is 2. The number of carbonyl (C=O) groups excluding carboxylic acids is 2. The Morgan fingerprint density at radius 2 is 1.76 bits per heavy atom. The van der Waals surface area contributed by atoms with Crippen LogP contribution in [0.4, 0.5) is 0 Å². The predicted octanol–water partition coefficient (Wildman–Crippen LogP) is 4.27. The molecule has 0 N–H and O–H groups in total. The standard InChI is InChI=1S/C27H33ClN2O4/c1-21-16-23(10-11-24(21)28)33-20-27(18-26(32)29-12-6-3-7-13-29)19-30(14-15-34-27)25(31)17-22-8-4-2-5-9-22/h2,4-5,8-11,16H,3,6-7,12-15,17-20H2,1H3/t27-/m1/s1. The van der Waals surface area contributed by atoms with Crippen molar-refractivity contribution in [3.05, 3.63) is 64.7 Å². The smallest absolute Gasteiger partial charge is 0.227 e. The molecular formula is C27H33ClN2O4. The molecule has 2 aliphatic heterocycles. The van der Waals surface area contributed by atoms with Gasteiger partial charge in [-0.2, -0.15) is 0 Å². The average Bonchev–Trinajstić information content (AvgIpc) is 2.86. The molecule has 0 radical (unpaired) electrons. The fourth-order valence-electron chi connectivity index (χ4n) is 4.64. The summed E-state index contributed by atoms with van der Waals surface area (Å²) in [6.07, 6.45) is 3.73. The first-order chi connectivity index (χ1) is 16.4. The van der Waals surface area contributed by atoms with Gasteiger partial charge in [-0.25, -0.2) is 0 Å². The number of morpholine rings is 1. The van der Waals surface area contributed by atoms with E-state index in [1.54, 1.807) is 6.07 Å².